The topological polar surface area (TPSA) is 60.4 Å². The van der Waals surface area contributed by atoms with E-state index in [0.717, 1.165) is 7.11 Å². The average molecular weight is 269 g/mol. The van der Waals surface area contributed by atoms with E-state index in [9.17, 15) is 13.2 Å². The van der Waals surface area contributed by atoms with Crippen molar-refractivity contribution in [3.8, 4) is 0 Å². The molecule has 0 radical (unpaired) electrons. The number of rotatable bonds is 1. The smallest absolute Gasteiger partial charge is 0.337 e. The Hall–Kier alpha value is -0.780. The quantitative estimate of drug-likeness (QED) is 0.403. The van der Waals surface area contributed by atoms with Gasteiger partial charge in [0.2, 0.25) is 10.3 Å². The fraction of sp³-hybridized carbons (Fsp3) is 0.250. The molecule has 1 atom stereocenters. The molecule has 1 aliphatic carbocycles. The summed E-state index contributed by atoms with van der Waals surface area (Å²) in [6.07, 6.45) is 2.54. The molecule has 1 rings (SSSR count). The van der Waals surface area contributed by atoms with Gasteiger partial charge in [0.1, 0.15) is 5.38 Å². The largest absolute Gasteiger partial charge is 0.466 e. The number of hydrogen-bond acceptors (Lipinski definition) is 4. The van der Waals surface area contributed by atoms with E-state index in [1.54, 1.807) is 0 Å². The molecule has 0 saturated carbocycles. The van der Waals surface area contributed by atoms with Crippen LogP contribution in [0.2, 0.25) is 0 Å². The van der Waals surface area contributed by atoms with Gasteiger partial charge in [-0.2, -0.15) is 8.42 Å². The summed E-state index contributed by atoms with van der Waals surface area (Å²) in [7, 11) is -1.33. The number of carbonyl (C=O) groups is 1. The molecule has 4 nitrogen and oxygen atoms in total. The van der Waals surface area contributed by atoms with Gasteiger partial charge in [-0.1, -0.05) is 11.6 Å². The molecule has 0 fully saturated rings. The van der Waals surface area contributed by atoms with E-state index >= 15 is 0 Å². The first-order valence-electron chi connectivity index (χ1n) is 3.75. The molecule has 0 aromatic carbocycles. The predicted molar refractivity (Wildman–Crippen MR) is 57.6 cm³/mol. The summed E-state index contributed by atoms with van der Waals surface area (Å²) in [6, 6.07) is 0. The number of ether oxygens (including phenoxy) is 1. The predicted octanol–water partition coefficient (Wildman–Crippen LogP) is 0.881. The fourth-order valence-electron chi connectivity index (χ4n) is 1.04. The molecule has 7 heteroatoms. The summed E-state index contributed by atoms with van der Waals surface area (Å²) in [4.78, 5) is 11.1. The number of esters is 1. The van der Waals surface area contributed by atoms with Crippen molar-refractivity contribution in [2.75, 3.05) is 7.11 Å². The van der Waals surface area contributed by atoms with Crippen molar-refractivity contribution >= 4 is 44.3 Å². The second-order valence-corrected chi connectivity index (χ2v) is 4.37. The first-order chi connectivity index (χ1) is 6.99. The van der Waals surface area contributed by atoms with E-state index in [1.807, 2.05) is 0 Å². The van der Waals surface area contributed by atoms with Gasteiger partial charge < -0.3 is 4.74 Å². The fourth-order valence-corrected chi connectivity index (χ4v) is 2.31. The molecule has 15 heavy (non-hydrogen) atoms. The van der Waals surface area contributed by atoms with Crippen LogP contribution in [0.3, 0.4) is 0 Å². The van der Waals surface area contributed by atoms with E-state index in [2.05, 4.69) is 4.74 Å². The second-order valence-electron chi connectivity index (χ2n) is 2.59. The van der Waals surface area contributed by atoms with Crippen molar-refractivity contribution in [3.63, 3.8) is 0 Å². The summed E-state index contributed by atoms with van der Waals surface area (Å²) in [5.41, 5.74) is -0.0671. The van der Waals surface area contributed by atoms with Crippen LogP contribution in [-0.4, -0.2) is 31.7 Å². The van der Waals surface area contributed by atoms with Gasteiger partial charge >= 0.3 is 5.97 Å². The Morgan fingerprint density at radius 2 is 2.07 bits per heavy atom. The molecule has 0 saturated heterocycles. The van der Waals surface area contributed by atoms with Crippen LogP contribution >= 0.6 is 23.2 Å². The summed E-state index contributed by atoms with van der Waals surface area (Å²) in [5, 5.41) is -1.02. The molecular weight excluding hydrogens is 263 g/mol. The van der Waals surface area contributed by atoms with Gasteiger partial charge in [0.05, 0.1) is 22.6 Å². The zero-order valence-electron chi connectivity index (χ0n) is 7.53. The van der Waals surface area contributed by atoms with Crippen molar-refractivity contribution < 1.29 is 17.9 Å². The number of carbonyl (C=O) groups excluding carboxylic acids is 1. The van der Waals surface area contributed by atoms with Crippen LogP contribution in [-0.2, 0) is 19.8 Å². The molecule has 0 N–H and O–H groups in total. The first kappa shape index (κ1) is 12.3. The minimum absolute atomic E-state index is 0.0671. The van der Waals surface area contributed by atoms with Crippen molar-refractivity contribution in [3.05, 3.63) is 22.8 Å². The van der Waals surface area contributed by atoms with E-state index in [4.69, 9.17) is 23.2 Å². The van der Waals surface area contributed by atoms with Crippen LogP contribution < -0.4 is 0 Å². The highest BCUT2D eigenvalue weighted by molar-refractivity contribution is 7.73. The summed E-state index contributed by atoms with van der Waals surface area (Å²) < 4.78 is 25.9. The molecule has 0 aliphatic heterocycles. The van der Waals surface area contributed by atoms with Crippen LogP contribution in [0.4, 0.5) is 0 Å². The Morgan fingerprint density at radius 1 is 1.47 bits per heavy atom. The van der Waals surface area contributed by atoms with Crippen LogP contribution in [0, 0.1) is 0 Å². The van der Waals surface area contributed by atoms with Crippen LogP contribution in [0.1, 0.15) is 0 Å². The molecule has 0 heterocycles. The molecule has 1 aliphatic rings. The second kappa shape index (κ2) is 4.83. The maximum Gasteiger partial charge on any atom is 0.337 e. The van der Waals surface area contributed by atoms with E-state index in [1.165, 1.54) is 12.2 Å². The normalized spacial score (nSPS) is 20.5. The van der Waals surface area contributed by atoms with E-state index in [0.29, 0.717) is 0 Å². The Labute approximate surface area is 97.7 Å². The van der Waals surface area contributed by atoms with Crippen molar-refractivity contribution in [2.24, 2.45) is 0 Å². The number of methoxy groups -OCH3 is 1. The monoisotopic (exact) mass is 268 g/mol. The molecule has 0 aromatic heterocycles. The lowest BCUT2D eigenvalue weighted by atomic mass is 10.0. The Morgan fingerprint density at radius 3 is 2.53 bits per heavy atom. The van der Waals surface area contributed by atoms with Crippen molar-refractivity contribution in [2.45, 2.75) is 5.38 Å². The first-order valence-corrected chi connectivity index (χ1v) is 5.64. The lowest BCUT2D eigenvalue weighted by molar-refractivity contribution is -0.136. The molecule has 1 unspecified atom stereocenters. The van der Waals surface area contributed by atoms with Gasteiger partial charge in [-0.25, -0.2) is 4.79 Å². The van der Waals surface area contributed by atoms with Crippen LogP contribution in [0.25, 0.3) is 0 Å². The van der Waals surface area contributed by atoms with Crippen molar-refractivity contribution in [1.82, 2.24) is 0 Å². The van der Waals surface area contributed by atoms with Gasteiger partial charge in [-0.05, 0) is 12.2 Å². The number of alkyl halides is 1. The van der Waals surface area contributed by atoms with E-state index < -0.39 is 21.6 Å². The highest BCUT2D eigenvalue weighted by Gasteiger charge is 2.29. The molecule has 0 aromatic rings. The third-order valence-electron chi connectivity index (χ3n) is 1.75. The maximum atomic E-state index is 11.3. The Kier molecular flexibility index (Phi) is 3.96. The SMILES string of the molecule is COC(=O)C1=C(Cl)C=CC(=S(=O)=O)C1Cl. The molecule has 0 bridgehead atoms. The van der Waals surface area contributed by atoms with Crippen molar-refractivity contribution in [1.29, 1.82) is 0 Å². The van der Waals surface area contributed by atoms with Gasteiger partial charge in [-0.15, -0.1) is 11.6 Å². The minimum Gasteiger partial charge on any atom is -0.466 e. The zero-order valence-corrected chi connectivity index (χ0v) is 9.86. The highest BCUT2D eigenvalue weighted by Crippen LogP contribution is 2.25. The van der Waals surface area contributed by atoms with Crippen LogP contribution in [0.5, 0.6) is 0 Å². The number of allylic oxidation sites excluding steroid dienone is 3. The van der Waals surface area contributed by atoms with Crippen LogP contribution in [0.15, 0.2) is 22.8 Å². The number of hydrogen-bond donors (Lipinski definition) is 0. The zero-order chi connectivity index (χ0) is 11.6. The minimum atomic E-state index is -2.49. The van der Waals surface area contributed by atoms with Gasteiger partial charge in [0.25, 0.3) is 0 Å². The standard InChI is InChI=1S/C8H6Cl2O4S/c1-14-8(11)6-4(9)2-3-5(7(6)10)15(12)13/h2-3,7H,1H3. The van der Waals surface area contributed by atoms with E-state index in [-0.39, 0.29) is 15.5 Å². The van der Waals surface area contributed by atoms with Gasteiger partial charge in [0.15, 0.2) is 0 Å². The summed E-state index contributed by atoms with van der Waals surface area (Å²) >= 11 is 11.5. The Bertz CT molecular complexity index is 479. The maximum absolute atomic E-state index is 11.3. The molecule has 0 amide bonds. The average Bonchev–Trinajstić information content (AvgIpc) is 2.16. The van der Waals surface area contributed by atoms with Gasteiger partial charge in [-0.3, -0.25) is 0 Å². The summed E-state index contributed by atoms with van der Waals surface area (Å²) in [5.74, 6) is -0.743. The third kappa shape index (κ3) is 2.42. The lowest BCUT2D eigenvalue weighted by Crippen LogP contribution is -2.25. The molecule has 0 spiro atoms. The highest BCUT2D eigenvalue weighted by atomic mass is 35.5. The number of halogens is 2. The third-order valence-corrected chi connectivity index (χ3v) is 3.42. The molecular formula is C8H6Cl2O4S. The molecule has 82 valence electrons. The Balaban J connectivity index is 3.32. The lowest BCUT2D eigenvalue weighted by Gasteiger charge is -2.15. The van der Waals surface area contributed by atoms with Gasteiger partial charge in [0, 0.05) is 0 Å². The summed E-state index contributed by atoms with van der Waals surface area (Å²) in [6.45, 7) is 0.